The van der Waals surface area contributed by atoms with Crippen LogP contribution in [0.15, 0.2) is 33.8 Å². The maximum Gasteiger partial charge on any atom is 0.271 e. The van der Waals surface area contributed by atoms with E-state index in [1.165, 1.54) is 0 Å². The Kier molecular flexibility index (Phi) is 5.91. The Hall–Kier alpha value is -1.16. The average Bonchev–Trinajstić information content (AvgIpc) is 2.34. The molecule has 0 aliphatic rings. The van der Waals surface area contributed by atoms with Crippen LogP contribution >= 0.6 is 15.9 Å². The fraction of sp³-hybridized carbons (Fsp3) is 0.385. The first-order valence-electron chi connectivity index (χ1n) is 5.72. The van der Waals surface area contributed by atoms with Gasteiger partial charge in [0.1, 0.15) is 0 Å². The third-order valence-electron chi connectivity index (χ3n) is 2.35. The van der Waals surface area contributed by atoms with E-state index in [1.807, 2.05) is 19.1 Å². The molecule has 0 heterocycles. The zero-order valence-electron chi connectivity index (χ0n) is 10.2. The molecule has 0 saturated carbocycles. The summed E-state index contributed by atoms with van der Waals surface area (Å²) in [4.78, 5) is 11.7. The van der Waals surface area contributed by atoms with Gasteiger partial charge in [0, 0.05) is 15.7 Å². The van der Waals surface area contributed by atoms with Gasteiger partial charge in [0.25, 0.3) is 5.91 Å². The zero-order valence-corrected chi connectivity index (χ0v) is 11.8. The van der Waals surface area contributed by atoms with Gasteiger partial charge in [-0.1, -0.05) is 29.3 Å². The minimum absolute atomic E-state index is 0.173. The zero-order chi connectivity index (χ0) is 12.7. The third-order valence-corrected chi connectivity index (χ3v) is 2.88. The molecule has 1 rings (SSSR count). The van der Waals surface area contributed by atoms with Crippen molar-refractivity contribution in [3.63, 3.8) is 0 Å². The molecule has 0 aliphatic carbocycles. The van der Waals surface area contributed by atoms with Gasteiger partial charge in [0.2, 0.25) is 0 Å². The fourth-order valence-corrected chi connectivity index (χ4v) is 1.56. The van der Waals surface area contributed by atoms with Crippen LogP contribution in [-0.2, 0) is 0 Å². The number of rotatable bonds is 5. The molecule has 0 bridgehead atoms. The van der Waals surface area contributed by atoms with Gasteiger partial charge < -0.3 is 0 Å². The van der Waals surface area contributed by atoms with E-state index < -0.39 is 0 Å². The van der Waals surface area contributed by atoms with Crippen LogP contribution in [0.3, 0.4) is 0 Å². The van der Waals surface area contributed by atoms with Crippen molar-refractivity contribution < 1.29 is 4.79 Å². The number of nitrogens with one attached hydrogen (secondary N) is 1. The molecule has 0 fully saturated rings. The van der Waals surface area contributed by atoms with Crippen molar-refractivity contribution in [2.24, 2.45) is 5.10 Å². The molecule has 1 aromatic rings. The molecule has 1 amide bonds. The number of benzene rings is 1. The molecule has 17 heavy (non-hydrogen) atoms. The number of hydrazone groups is 1. The highest BCUT2D eigenvalue weighted by atomic mass is 79.9. The van der Waals surface area contributed by atoms with E-state index >= 15 is 0 Å². The summed E-state index contributed by atoms with van der Waals surface area (Å²) >= 11 is 3.33. The molecule has 0 unspecified atom stereocenters. The van der Waals surface area contributed by atoms with Crippen LogP contribution in [0.1, 0.15) is 43.5 Å². The number of halogens is 1. The lowest BCUT2D eigenvalue weighted by atomic mass is 10.2. The molecule has 0 saturated heterocycles. The van der Waals surface area contributed by atoms with Crippen LogP contribution in [0.4, 0.5) is 0 Å². The van der Waals surface area contributed by atoms with Gasteiger partial charge in [0.15, 0.2) is 0 Å². The first-order chi connectivity index (χ1) is 8.13. The van der Waals surface area contributed by atoms with E-state index in [0.29, 0.717) is 5.56 Å². The van der Waals surface area contributed by atoms with Gasteiger partial charge in [-0.3, -0.25) is 4.79 Å². The number of nitrogens with zero attached hydrogens (tertiary/aromatic N) is 1. The van der Waals surface area contributed by atoms with Crippen molar-refractivity contribution in [1.82, 2.24) is 5.43 Å². The average molecular weight is 297 g/mol. The molecule has 0 atom stereocenters. The van der Waals surface area contributed by atoms with Gasteiger partial charge >= 0.3 is 0 Å². The Balaban J connectivity index is 2.52. The van der Waals surface area contributed by atoms with Gasteiger partial charge in [-0.15, -0.1) is 0 Å². The molecule has 0 spiro atoms. The number of hydrogen-bond acceptors (Lipinski definition) is 2. The summed E-state index contributed by atoms with van der Waals surface area (Å²) in [5.41, 5.74) is 4.13. The van der Waals surface area contributed by atoms with Crippen molar-refractivity contribution in [3.05, 3.63) is 34.3 Å². The van der Waals surface area contributed by atoms with Gasteiger partial charge in [0.05, 0.1) is 0 Å². The van der Waals surface area contributed by atoms with Crippen molar-refractivity contribution in [1.29, 1.82) is 0 Å². The largest absolute Gasteiger partial charge is 0.271 e. The predicted octanol–water partition coefficient (Wildman–Crippen LogP) is 3.75. The molecule has 92 valence electrons. The maximum atomic E-state index is 11.7. The quantitative estimate of drug-likeness (QED) is 0.652. The summed E-state index contributed by atoms with van der Waals surface area (Å²) in [6, 6.07) is 7.19. The Morgan fingerprint density at radius 3 is 2.59 bits per heavy atom. The fourth-order valence-electron chi connectivity index (χ4n) is 1.30. The summed E-state index contributed by atoms with van der Waals surface area (Å²) in [5.74, 6) is -0.173. The lowest BCUT2D eigenvalue weighted by molar-refractivity contribution is 0.0954. The molecule has 4 heteroatoms. The number of amides is 1. The summed E-state index contributed by atoms with van der Waals surface area (Å²) < 4.78 is 0.955. The number of unbranched alkanes of at least 4 members (excludes halogenated alkanes) is 1. The lowest BCUT2D eigenvalue weighted by Gasteiger charge is -2.02. The van der Waals surface area contributed by atoms with Crippen LogP contribution in [0.5, 0.6) is 0 Å². The highest BCUT2D eigenvalue weighted by Gasteiger charge is 2.03. The standard InChI is InChI=1S/C13H17BrN2O/c1-3-4-5-10(2)15-16-13(17)11-6-8-12(14)9-7-11/h6-9H,3-5H2,1-2H3,(H,16,17). The molecule has 1 N–H and O–H groups in total. The van der Waals surface area contributed by atoms with E-state index in [0.717, 1.165) is 29.4 Å². The monoisotopic (exact) mass is 296 g/mol. The molecule has 0 aromatic heterocycles. The SMILES string of the molecule is CCCCC(C)=NNC(=O)c1ccc(Br)cc1. The van der Waals surface area contributed by atoms with Crippen LogP contribution < -0.4 is 5.43 Å². The first kappa shape index (κ1) is 13.9. The Labute approximate surface area is 110 Å². The molecule has 3 nitrogen and oxygen atoms in total. The third kappa shape index (κ3) is 5.13. The summed E-state index contributed by atoms with van der Waals surface area (Å²) in [6.45, 7) is 4.06. The second-order valence-electron chi connectivity index (χ2n) is 3.90. The van der Waals surface area contributed by atoms with E-state index in [9.17, 15) is 4.79 Å². The summed E-state index contributed by atoms with van der Waals surface area (Å²) in [6.07, 6.45) is 3.16. The Bertz CT molecular complexity index is 398. The summed E-state index contributed by atoms with van der Waals surface area (Å²) in [7, 11) is 0. The van der Waals surface area contributed by atoms with Crippen molar-refractivity contribution in [2.45, 2.75) is 33.1 Å². The van der Waals surface area contributed by atoms with Gasteiger partial charge in [-0.05, 0) is 44.0 Å². The highest BCUT2D eigenvalue weighted by Crippen LogP contribution is 2.10. The minimum atomic E-state index is -0.173. The highest BCUT2D eigenvalue weighted by molar-refractivity contribution is 9.10. The van der Waals surface area contributed by atoms with Crippen LogP contribution in [0.2, 0.25) is 0 Å². The van der Waals surface area contributed by atoms with Crippen molar-refractivity contribution in [3.8, 4) is 0 Å². The topological polar surface area (TPSA) is 41.5 Å². The molecule has 0 radical (unpaired) electrons. The van der Waals surface area contributed by atoms with Crippen molar-refractivity contribution in [2.75, 3.05) is 0 Å². The molecule has 1 aromatic carbocycles. The normalized spacial score (nSPS) is 11.4. The number of hydrogen-bond donors (Lipinski definition) is 1. The minimum Gasteiger partial charge on any atom is -0.267 e. The van der Waals surface area contributed by atoms with Gasteiger partial charge in [-0.25, -0.2) is 5.43 Å². The lowest BCUT2D eigenvalue weighted by Crippen LogP contribution is -2.18. The summed E-state index contributed by atoms with van der Waals surface area (Å²) in [5, 5.41) is 4.07. The Morgan fingerprint density at radius 2 is 2.00 bits per heavy atom. The second kappa shape index (κ2) is 7.22. The maximum absolute atomic E-state index is 11.7. The molecular weight excluding hydrogens is 280 g/mol. The van der Waals surface area contributed by atoms with E-state index in [4.69, 9.17) is 0 Å². The van der Waals surface area contributed by atoms with E-state index in [-0.39, 0.29) is 5.91 Å². The van der Waals surface area contributed by atoms with E-state index in [1.54, 1.807) is 12.1 Å². The molecule has 0 aliphatic heterocycles. The number of carbonyl (C=O) groups excluding carboxylic acids is 1. The number of carbonyl (C=O) groups is 1. The smallest absolute Gasteiger partial charge is 0.267 e. The van der Waals surface area contributed by atoms with Gasteiger partial charge in [-0.2, -0.15) is 5.10 Å². The Morgan fingerprint density at radius 1 is 1.35 bits per heavy atom. The van der Waals surface area contributed by atoms with Crippen LogP contribution in [0, 0.1) is 0 Å². The second-order valence-corrected chi connectivity index (χ2v) is 4.81. The predicted molar refractivity (Wildman–Crippen MR) is 74.2 cm³/mol. The van der Waals surface area contributed by atoms with Crippen molar-refractivity contribution >= 4 is 27.5 Å². The van der Waals surface area contributed by atoms with E-state index in [2.05, 4.69) is 33.4 Å². The first-order valence-corrected chi connectivity index (χ1v) is 6.52. The van der Waals surface area contributed by atoms with Crippen LogP contribution in [0.25, 0.3) is 0 Å². The van der Waals surface area contributed by atoms with Crippen LogP contribution in [-0.4, -0.2) is 11.6 Å². The molecular formula is C13H17BrN2O.